The number of nitrogens with zero attached hydrogens (tertiary/aromatic N) is 2. The first-order valence-corrected chi connectivity index (χ1v) is 15.2. The number of sulfonamides is 1. The van der Waals surface area contributed by atoms with Crippen LogP contribution in [-0.4, -0.2) is 49.5 Å². The molecule has 0 fully saturated rings. The van der Waals surface area contributed by atoms with Crippen molar-refractivity contribution in [3.63, 3.8) is 0 Å². The van der Waals surface area contributed by atoms with E-state index in [-0.39, 0.29) is 18.7 Å². The molecule has 0 aliphatic rings. The third-order valence-corrected chi connectivity index (χ3v) is 7.72. The zero-order valence-corrected chi connectivity index (χ0v) is 25.2. The molecule has 0 heterocycles. The van der Waals surface area contributed by atoms with E-state index in [1.165, 1.54) is 11.0 Å². The van der Waals surface area contributed by atoms with Gasteiger partial charge < -0.3 is 10.2 Å². The zero-order chi connectivity index (χ0) is 31.3. The van der Waals surface area contributed by atoms with Crippen LogP contribution in [0.2, 0.25) is 5.02 Å². The highest BCUT2D eigenvalue weighted by Gasteiger charge is 2.36. The molecule has 0 bridgehead atoms. The molecule has 0 radical (unpaired) electrons. The summed E-state index contributed by atoms with van der Waals surface area (Å²) in [6.45, 7) is 4.34. The number of amides is 2. The Labute approximate surface area is 249 Å². The number of halogens is 4. The van der Waals surface area contributed by atoms with Crippen molar-refractivity contribution in [2.75, 3.05) is 17.1 Å². The van der Waals surface area contributed by atoms with E-state index in [4.69, 9.17) is 11.6 Å². The Morgan fingerprint density at radius 1 is 0.929 bits per heavy atom. The van der Waals surface area contributed by atoms with Gasteiger partial charge in [0.25, 0.3) is 0 Å². The smallest absolute Gasteiger partial charge is 0.350 e. The molecule has 0 aromatic heterocycles. The van der Waals surface area contributed by atoms with E-state index in [1.54, 1.807) is 75.4 Å². The Morgan fingerprint density at radius 2 is 1.55 bits per heavy atom. The lowest BCUT2D eigenvalue weighted by molar-refractivity contribution is -0.140. The SMILES string of the molecule is CC(C)(C)NC(=O)[C@@H](Cc1ccccc1)N(Cc1ccccc1Cl)C(=O)CN(c1cccc(C(F)(F)F)c1)S(C)(=O)=O. The number of carbonyl (C=O) groups is 2. The van der Waals surface area contributed by atoms with Crippen molar-refractivity contribution in [1.82, 2.24) is 10.2 Å². The highest BCUT2D eigenvalue weighted by Crippen LogP contribution is 2.32. The van der Waals surface area contributed by atoms with E-state index < -0.39 is 51.7 Å². The number of rotatable bonds is 10. The Morgan fingerprint density at radius 3 is 2.12 bits per heavy atom. The fraction of sp³-hybridized carbons (Fsp3) is 0.333. The highest BCUT2D eigenvalue weighted by molar-refractivity contribution is 7.92. The monoisotopic (exact) mass is 623 g/mol. The molecule has 3 aromatic rings. The number of benzene rings is 3. The van der Waals surface area contributed by atoms with Crippen LogP contribution in [0, 0.1) is 0 Å². The molecule has 0 saturated carbocycles. The van der Waals surface area contributed by atoms with Gasteiger partial charge in [-0.2, -0.15) is 13.2 Å². The number of hydrogen-bond acceptors (Lipinski definition) is 4. The summed E-state index contributed by atoms with van der Waals surface area (Å²) in [5.41, 5.74) is -0.833. The van der Waals surface area contributed by atoms with Crippen molar-refractivity contribution in [3.8, 4) is 0 Å². The van der Waals surface area contributed by atoms with Gasteiger partial charge in [0.05, 0.1) is 17.5 Å². The Bertz CT molecular complexity index is 1510. The summed E-state index contributed by atoms with van der Waals surface area (Å²) >= 11 is 6.41. The molecule has 12 heteroatoms. The fourth-order valence-corrected chi connectivity index (χ4v) is 5.31. The minimum absolute atomic E-state index is 0.0847. The summed E-state index contributed by atoms with van der Waals surface area (Å²) in [6.07, 6.45) is -3.85. The molecule has 3 rings (SSSR count). The molecular formula is C30H33ClF3N3O4S. The number of carbonyl (C=O) groups excluding carboxylic acids is 2. The van der Waals surface area contributed by atoms with Crippen LogP contribution >= 0.6 is 11.6 Å². The minimum Gasteiger partial charge on any atom is -0.350 e. The number of anilines is 1. The normalized spacial score (nSPS) is 12.9. The molecule has 7 nitrogen and oxygen atoms in total. The highest BCUT2D eigenvalue weighted by atomic mass is 35.5. The first-order valence-electron chi connectivity index (χ1n) is 13.0. The summed E-state index contributed by atoms with van der Waals surface area (Å²) in [7, 11) is -4.23. The lowest BCUT2D eigenvalue weighted by Gasteiger charge is -2.35. The predicted octanol–water partition coefficient (Wildman–Crippen LogP) is 5.68. The van der Waals surface area contributed by atoms with Crippen LogP contribution in [0.25, 0.3) is 0 Å². The largest absolute Gasteiger partial charge is 0.416 e. The van der Waals surface area contributed by atoms with Crippen LogP contribution in [-0.2, 0) is 38.8 Å². The van der Waals surface area contributed by atoms with Crippen LogP contribution in [0.5, 0.6) is 0 Å². The van der Waals surface area contributed by atoms with Crippen LogP contribution in [0.1, 0.15) is 37.5 Å². The second kappa shape index (κ2) is 13.2. The van der Waals surface area contributed by atoms with Crippen molar-refractivity contribution >= 4 is 39.1 Å². The molecule has 42 heavy (non-hydrogen) atoms. The van der Waals surface area contributed by atoms with Crippen LogP contribution < -0.4 is 9.62 Å². The summed E-state index contributed by atoms with van der Waals surface area (Å²) < 4.78 is 66.5. The van der Waals surface area contributed by atoms with E-state index in [0.29, 0.717) is 21.0 Å². The molecule has 0 unspecified atom stereocenters. The maximum Gasteiger partial charge on any atom is 0.416 e. The lowest BCUT2D eigenvalue weighted by atomic mass is 10.0. The average molecular weight is 624 g/mol. The minimum atomic E-state index is -4.73. The van der Waals surface area contributed by atoms with Gasteiger partial charge in [-0.1, -0.05) is 66.2 Å². The Kier molecular flexibility index (Phi) is 10.3. The van der Waals surface area contributed by atoms with Gasteiger partial charge in [-0.3, -0.25) is 13.9 Å². The van der Waals surface area contributed by atoms with Crippen molar-refractivity contribution in [3.05, 3.63) is 101 Å². The van der Waals surface area contributed by atoms with Crippen LogP contribution in [0.3, 0.4) is 0 Å². The van der Waals surface area contributed by atoms with Gasteiger partial charge in [0.15, 0.2) is 0 Å². The molecule has 0 spiro atoms. The Balaban J connectivity index is 2.11. The van der Waals surface area contributed by atoms with Gasteiger partial charge in [-0.15, -0.1) is 0 Å². The molecule has 1 atom stereocenters. The van der Waals surface area contributed by atoms with E-state index in [1.807, 2.05) is 0 Å². The number of hydrogen-bond donors (Lipinski definition) is 1. The number of alkyl halides is 3. The van der Waals surface area contributed by atoms with Crippen molar-refractivity contribution in [2.24, 2.45) is 0 Å². The predicted molar refractivity (Wildman–Crippen MR) is 157 cm³/mol. The lowest BCUT2D eigenvalue weighted by Crippen LogP contribution is -2.56. The molecule has 1 N–H and O–H groups in total. The first-order chi connectivity index (χ1) is 19.5. The molecule has 3 aromatic carbocycles. The van der Waals surface area contributed by atoms with Gasteiger partial charge in [0.1, 0.15) is 12.6 Å². The van der Waals surface area contributed by atoms with Crippen molar-refractivity contribution in [1.29, 1.82) is 0 Å². The number of nitrogens with one attached hydrogen (secondary N) is 1. The molecule has 2 amide bonds. The summed E-state index contributed by atoms with van der Waals surface area (Å²) in [5, 5.41) is 3.21. The van der Waals surface area contributed by atoms with Gasteiger partial charge in [-0.25, -0.2) is 8.42 Å². The van der Waals surface area contributed by atoms with Crippen molar-refractivity contribution in [2.45, 2.75) is 51.5 Å². The van der Waals surface area contributed by atoms with Gasteiger partial charge in [0, 0.05) is 23.5 Å². The molecule has 0 aliphatic heterocycles. The molecular weight excluding hydrogens is 591 g/mol. The van der Waals surface area contributed by atoms with Gasteiger partial charge in [0.2, 0.25) is 21.8 Å². The zero-order valence-electron chi connectivity index (χ0n) is 23.7. The molecule has 226 valence electrons. The molecule has 0 aliphatic carbocycles. The first kappa shape index (κ1) is 32.9. The molecule has 0 saturated heterocycles. The van der Waals surface area contributed by atoms with E-state index in [2.05, 4.69) is 5.32 Å². The third kappa shape index (κ3) is 9.22. The van der Waals surface area contributed by atoms with E-state index >= 15 is 0 Å². The second-order valence-electron chi connectivity index (χ2n) is 10.9. The Hall–Kier alpha value is -3.57. The quantitative estimate of drug-likeness (QED) is 0.315. The van der Waals surface area contributed by atoms with Gasteiger partial charge in [-0.05, 0) is 56.2 Å². The van der Waals surface area contributed by atoms with Gasteiger partial charge >= 0.3 is 6.18 Å². The van der Waals surface area contributed by atoms with Crippen LogP contribution in [0.4, 0.5) is 18.9 Å². The summed E-state index contributed by atoms with van der Waals surface area (Å²) in [5.74, 6) is -1.29. The third-order valence-electron chi connectivity index (χ3n) is 6.21. The summed E-state index contributed by atoms with van der Waals surface area (Å²) in [6, 6.07) is 18.3. The maximum absolute atomic E-state index is 14.0. The summed E-state index contributed by atoms with van der Waals surface area (Å²) in [4.78, 5) is 29.0. The van der Waals surface area contributed by atoms with E-state index in [9.17, 15) is 31.2 Å². The fourth-order valence-electron chi connectivity index (χ4n) is 4.27. The topological polar surface area (TPSA) is 86.8 Å². The van der Waals surface area contributed by atoms with E-state index in [0.717, 1.165) is 24.0 Å². The van der Waals surface area contributed by atoms with Crippen LogP contribution in [0.15, 0.2) is 78.9 Å². The second-order valence-corrected chi connectivity index (χ2v) is 13.2. The van der Waals surface area contributed by atoms with Crippen molar-refractivity contribution < 1.29 is 31.2 Å². The standard InChI is InChI=1S/C30H33ClF3N3O4S/c1-29(2,3)35-28(39)26(17-21-11-6-5-7-12-21)36(19-22-13-8-9-16-25(22)31)27(38)20-37(42(4,40)41)24-15-10-14-23(18-24)30(32,33)34/h5-16,18,26H,17,19-20H2,1-4H3,(H,35,39)/t26-/m1/s1. The maximum atomic E-state index is 14.0. The average Bonchev–Trinajstić information content (AvgIpc) is 2.88.